The van der Waals surface area contributed by atoms with Gasteiger partial charge in [0.05, 0.1) is 23.4 Å². The van der Waals surface area contributed by atoms with Crippen molar-refractivity contribution in [1.29, 1.82) is 0 Å². The number of furan rings is 1. The van der Waals surface area contributed by atoms with Crippen LogP contribution in [0.4, 0.5) is 18.9 Å². The van der Waals surface area contributed by atoms with E-state index in [4.69, 9.17) is 4.42 Å². The Bertz CT molecular complexity index is 678. The van der Waals surface area contributed by atoms with Gasteiger partial charge in [-0.1, -0.05) is 12.1 Å². The van der Waals surface area contributed by atoms with Crippen molar-refractivity contribution < 1.29 is 26.0 Å². The van der Waals surface area contributed by atoms with Gasteiger partial charge in [0.1, 0.15) is 5.76 Å². The molecule has 0 atom stereocenters. The van der Waals surface area contributed by atoms with E-state index in [1.54, 1.807) is 12.1 Å². The van der Waals surface area contributed by atoms with E-state index in [1.165, 1.54) is 24.5 Å². The molecular weight excluding hydrogens is 295 g/mol. The summed E-state index contributed by atoms with van der Waals surface area (Å²) < 4.78 is 65.6. The summed E-state index contributed by atoms with van der Waals surface area (Å²) in [6.07, 6.45) is 1.41. The van der Waals surface area contributed by atoms with Gasteiger partial charge < -0.3 is 9.73 Å². The summed E-state index contributed by atoms with van der Waals surface area (Å²) in [5.74, 6) is 0.476. The number of hydrogen-bond acceptors (Lipinski definition) is 4. The van der Waals surface area contributed by atoms with Crippen molar-refractivity contribution in [3.05, 3.63) is 48.4 Å². The van der Waals surface area contributed by atoms with Crippen LogP contribution >= 0.6 is 0 Å². The number of benzene rings is 1. The van der Waals surface area contributed by atoms with Crippen LogP contribution < -0.4 is 5.32 Å². The number of anilines is 1. The normalized spacial score (nSPS) is 12.3. The standard InChI is InChI=1S/C12H10F3NO3S/c13-12(14,15)20(17,18)11-6-2-1-5-10(11)16-8-9-4-3-7-19-9/h1-7,16H,8H2. The Morgan fingerprint density at radius 2 is 1.80 bits per heavy atom. The summed E-state index contributed by atoms with van der Waals surface area (Å²) in [6.45, 7) is 0.0807. The molecule has 1 heterocycles. The zero-order valence-corrected chi connectivity index (χ0v) is 10.8. The van der Waals surface area contributed by atoms with Crippen LogP contribution in [-0.4, -0.2) is 13.9 Å². The lowest BCUT2D eigenvalue weighted by atomic mass is 10.3. The molecule has 0 saturated carbocycles. The molecule has 0 unspecified atom stereocenters. The third-order valence-corrected chi connectivity index (χ3v) is 4.06. The highest BCUT2D eigenvalue weighted by Gasteiger charge is 2.47. The fraction of sp³-hybridized carbons (Fsp3) is 0.167. The Morgan fingerprint density at radius 3 is 2.40 bits per heavy atom. The molecular formula is C12H10F3NO3S. The quantitative estimate of drug-likeness (QED) is 0.942. The molecule has 1 aromatic carbocycles. The molecule has 0 aliphatic carbocycles. The minimum absolute atomic E-state index is 0.0807. The third-order valence-electron chi connectivity index (χ3n) is 2.51. The molecule has 0 radical (unpaired) electrons. The molecule has 20 heavy (non-hydrogen) atoms. The predicted octanol–water partition coefficient (Wildman–Crippen LogP) is 3.19. The number of halogens is 3. The second-order valence-electron chi connectivity index (χ2n) is 3.88. The van der Waals surface area contributed by atoms with Crippen molar-refractivity contribution in [2.24, 2.45) is 0 Å². The fourth-order valence-electron chi connectivity index (χ4n) is 1.57. The molecule has 0 spiro atoms. The van der Waals surface area contributed by atoms with Gasteiger partial charge in [-0.25, -0.2) is 8.42 Å². The zero-order valence-electron chi connectivity index (χ0n) is 10.0. The van der Waals surface area contributed by atoms with E-state index < -0.39 is 20.2 Å². The van der Waals surface area contributed by atoms with Crippen molar-refractivity contribution in [3.8, 4) is 0 Å². The largest absolute Gasteiger partial charge is 0.501 e. The number of rotatable bonds is 4. The van der Waals surface area contributed by atoms with Crippen LogP contribution in [0.1, 0.15) is 5.76 Å². The van der Waals surface area contributed by atoms with E-state index in [0.717, 1.165) is 6.07 Å². The minimum Gasteiger partial charge on any atom is -0.467 e. The molecule has 0 amide bonds. The van der Waals surface area contributed by atoms with E-state index in [0.29, 0.717) is 5.76 Å². The van der Waals surface area contributed by atoms with Gasteiger partial charge in [0, 0.05) is 0 Å². The summed E-state index contributed by atoms with van der Waals surface area (Å²) in [5, 5.41) is 2.62. The summed E-state index contributed by atoms with van der Waals surface area (Å²) in [4.78, 5) is -0.806. The van der Waals surface area contributed by atoms with E-state index in [9.17, 15) is 21.6 Å². The topological polar surface area (TPSA) is 59.3 Å². The second kappa shape index (κ2) is 5.20. The van der Waals surface area contributed by atoms with Crippen LogP contribution in [0.15, 0.2) is 52.0 Å². The van der Waals surface area contributed by atoms with Gasteiger partial charge in [-0.15, -0.1) is 0 Å². The van der Waals surface area contributed by atoms with Crippen LogP contribution in [0.25, 0.3) is 0 Å². The van der Waals surface area contributed by atoms with E-state index >= 15 is 0 Å². The van der Waals surface area contributed by atoms with E-state index in [-0.39, 0.29) is 12.2 Å². The van der Waals surface area contributed by atoms with Crippen molar-refractivity contribution in [1.82, 2.24) is 0 Å². The number of para-hydroxylation sites is 1. The Morgan fingerprint density at radius 1 is 1.10 bits per heavy atom. The van der Waals surface area contributed by atoms with Gasteiger partial charge in [-0.2, -0.15) is 13.2 Å². The molecule has 1 N–H and O–H groups in total. The van der Waals surface area contributed by atoms with Crippen molar-refractivity contribution in [2.75, 3.05) is 5.32 Å². The molecule has 8 heteroatoms. The summed E-state index contributed by atoms with van der Waals surface area (Å²) in [5.41, 5.74) is -5.46. The fourth-order valence-corrected chi connectivity index (χ4v) is 2.50. The van der Waals surface area contributed by atoms with E-state index in [2.05, 4.69) is 5.32 Å². The third kappa shape index (κ3) is 2.79. The molecule has 0 aliphatic rings. The maximum Gasteiger partial charge on any atom is 0.501 e. The van der Waals surface area contributed by atoms with E-state index in [1.807, 2.05) is 0 Å². The Hall–Kier alpha value is -1.96. The minimum atomic E-state index is -5.39. The highest BCUT2D eigenvalue weighted by molar-refractivity contribution is 7.92. The molecule has 0 saturated heterocycles. The molecule has 4 nitrogen and oxygen atoms in total. The molecule has 0 fully saturated rings. The second-order valence-corrected chi connectivity index (χ2v) is 5.79. The van der Waals surface area contributed by atoms with Gasteiger partial charge in [0.25, 0.3) is 9.84 Å². The molecule has 108 valence electrons. The summed E-state index contributed by atoms with van der Waals surface area (Å²) >= 11 is 0. The maximum absolute atomic E-state index is 12.6. The highest BCUT2D eigenvalue weighted by atomic mass is 32.2. The maximum atomic E-state index is 12.6. The Labute approximate surface area is 113 Å². The predicted molar refractivity (Wildman–Crippen MR) is 65.7 cm³/mol. The average Bonchev–Trinajstić information content (AvgIpc) is 2.88. The van der Waals surface area contributed by atoms with Crippen molar-refractivity contribution >= 4 is 15.5 Å². The molecule has 1 aromatic heterocycles. The first-order valence-electron chi connectivity index (χ1n) is 5.49. The van der Waals surface area contributed by atoms with Crippen molar-refractivity contribution in [3.63, 3.8) is 0 Å². The zero-order chi connectivity index (χ0) is 14.8. The summed E-state index contributed by atoms with van der Waals surface area (Å²) in [6, 6.07) is 8.09. The van der Waals surface area contributed by atoms with Crippen molar-refractivity contribution in [2.45, 2.75) is 16.9 Å². The van der Waals surface area contributed by atoms with Crippen LogP contribution in [0, 0.1) is 0 Å². The number of hydrogen-bond donors (Lipinski definition) is 1. The van der Waals surface area contributed by atoms with Crippen LogP contribution in [0.2, 0.25) is 0 Å². The molecule has 2 aromatic rings. The SMILES string of the molecule is O=S(=O)(c1ccccc1NCc1ccco1)C(F)(F)F. The molecule has 0 bridgehead atoms. The molecule has 0 aliphatic heterocycles. The first-order valence-corrected chi connectivity index (χ1v) is 6.97. The number of alkyl halides is 3. The number of nitrogens with one attached hydrogen (secondary N) is 1. The lowest BCUT2D eigenvalue weighted by Gasteiger charge is -2.13. The first-order chi connectivity index (χ1) is 9.32. The van der Waals surface area contributed by atoms with Gasteiger partial charge >= 0.3 is 5.51 Å². The Balaban J connectivity index is 2.32. The monoisotopic (exact) mass is 305 g/mol. The lowest BCUT2D eigenvalue weighted by molar-refractivity contribution is -0.0435. The molecule has 2 rings (SSSR count). The summed E-state index contributed by atoms with van der Waals surface area (Å²) in [7, 11) is -5.39. The average molecular weight is 305 g/mol. The van der Waals surface area contributed by atoms with Gasteiger partial charge in [-0.3, -0.25) is 0 Å². The van der Waals surface area contributed by atoms with Crippen LogP contribution in [-0.2, 0) is 16.4 Å². The van der Waals surface area contributed by atoms with Gasteiger partial charge in [0.2, 0.25) is 0 Å². The highest BCUT2D eigenvalue weighted by Crippen LogP contribution is 2.34. The van der Waals surface area contributed by atoms with Crippen LogP contribution in [0.3, 0.4) is 0 Å². The van der Waals surface area contributed by atoms with Crippen LogP contribution in [0.5, 0.6) is 0 Å². The number of sulfone groups is 1. The van der Waals surface area contributed by atoms with Gasteiger partial charge in [0.15, 0.2) is 0 Å². The lowest BCUT2D eigenvalue weighted by Crippen LogP contribution is -2.24. The Kier molecular flexibility index (Phi) is 3.76. The smallest absolute Gasteiger partial charge is 0.467 e. The van der Waals surface area contributed by atoms with Gasteiger partial charge in [-0.05, 0) is 24.3 Å². The first kappa shape index (κ1) is 14.4.